The SMILES string of the molecule is CCNC(=NCCCn1c(C)nc2ccccc21)NCCCN(C)C. The van der Waals surface area contributed by atoms with Crippen molar-refractivity contribution < 1.29 is 0 Å². The lowest BCUT2D eigenvalue weighted by Gasteiger charge is -2.13. The Hall–Kier alpha value is -2.08. The fourth-order valence-corrected chi connectivity index (χ4v) is 2.84. The molecule has 2 N–H and O–H groups in total. The Morgan fingerprint density at radius 1 is 1.20 bits per heavy atom. The second-order valence-electron chi connectivity index (χ2n) is 6.50. The van der Waals surface area contributed by atoms with Crippen molar-refractivity contribution in [2.75, 3.05) is 40.3 Å². The number of benzene rings is 1. The van der Waals surface area contributed by atoms with Crippen LogP contribution in [0.5, 0.6) is 0 Å². The summed E-state index contributed by atoms with van der Waals surface area (Å²) in [5.74, 6) is 1.98. The van der Waals surface area contributed by atoms with E-state index < -0.39 is 0 Å². The van der Waals surface area contributed by atoms with Crippen LogP contribution in [0, 0.1) is 6.92 Å². The number of aromatic nitrogens is 2. The quantitative estimate of drug-likeness (QED) is 0.416. The maximum Gasteiger partial charge on any atom is 0.191 e. The second kappa shape index (κ2) is 10.0. The predicted octanol–water partition coefficient (Wildman–Crippen LogP) is 2.24. The third-order valence-corrected chi connectivity index (χ3v) is 4.07. The molecule has 2 rings (SSSR count). The number of para-hydroxylation sites is 2. The number of aryl methyl sites for hydroxylation is 2. The van der Waals surface area contributed by atoms with E-state index in [-0.39, 0.29) is 0 Å². The summed E-state index contributed by atoms with van der Waals surface area (Å²) < 4.78 is 2.28. The minimum Gasteiger partial charge on any atom is -0.357 e. The molecule has 0 aliphatic carbocycles. The average molecular weight is 345 g/mol. The maximum absolute atomic E-state index is 4.69. The molecule has 0 aliphatic heterocycles. The summed E-state index contributed by atoms with van der Waals surface area (Å²) in [7, 11) is 4.20. The number of nitrogens with one attached hydrogen (secondary N) is 2. The standard InChI is InChI=1S/C19H32N6/c1-5-20-19(21-12-8-14-24(3)4)22-13-9-15-25-16(2)23-17-10-6-7-11-18(17)25/h6-7,10-11H,5,8-9,12-15H2,1-4H3,(H2,20,21,22). The van der Waals surface area contributed by atoms with Crippen molar-refractivity contribution in [2.24, 2.45) is 4.99 Å². The Morgan fingerprint density at radius 2 is 2.00 bits per heavy atom. The highest BCUT2D eigenvalue weighted by Crippen LogP contribution is 2.15. The zero-order valence-corrected chi connectivity index (χ0v) is 16.0. The zero-order valence-electron chi connectivity index (χ0n) is 16.0. The van der Waals surface area contributed by atoms with Gasteiger partial charge in [-0.05, 0) is 59.5 Å². The number of imidazole rings is 1. The molecule has 0 saturated carbocycles. The topological polar surface area (TPSA) is 57.5 Å². The molecule has 0 atom stereocenters. The van der Waals surface area contributed by atoms with Gasteiger partial charge in [-0.3, -0.25) is 4.99 Å². The molecule has 0 saturated heterocycles. The van der Waals surface area contributed by atoms with Gasteiger partial charge >= 0.3 is 0 Å². The van der Waals surface area contributed by atoms with E-state index in [1.54, 1.807) is 0 Å². The largest absolute Gasteiger partial charge is 0.357 e. The Morgan fingerprint density at radius 3 is 2.76 bits per heavy atom. The van der Waals surface area contributed by atoms with Gasteiger partial charge in [0.2, 0.25) is 0 Å². The molecule has 0 spiro atoms. The number of hydrogen-bond acceptors (Lipinski definition) is 3. The van der Waals surface area contributed by atoms with Crippen LogP contribution in [-0.2, 0) is 6.54 Å². The molecule has 1 heterocycles. The highest BCUT2D eigenvalue weighted by atomic mass is 15.2. The van der Waals surface area contributed by atoms with Gasteiger partial charge < -0.3 is 20.1 Å². The predicted molar refractivity (Wildman–Crippen MR) is 106 cm³/mol. The summed E-state index contributed by atoms with van der Waals surface area (Å²) in [4.78, 5) is 11.5. The molecule has 25 heavy (non-hydrogen) atoms. The van der Waals surface area contributed by atoms with Crippen molar-refractivity contribution in [3.8, 4) is 0 Å². The van der Waals surface area contributed by atoms with Crippen LogP contribution >= 0.6 is 0 Å². The first-order valence-electron chi connectivity index (χ1n) is 9.20. The molecular formula is C19H32N6. The van der Waals surface area contributed by atoms with E-state index in [0.717, 1.165) is 62.9 Å². The fourth-order valence-electron chi connectivity index (χ4n) is 2.84. The number of hydrogen-bond donors (Lipinski definition) is 2. The van der Waals surface area contributed by atoms with Crippen LogP contribution in [0.4, 0.5) is 0 Å². The monoisotopic (exact) mass is 344 g/mol. The van der Waals surface area contributed by atoms with Gasteiger partial charge in [0.25, 0.3) is 0 Å². The molecule has 2 aromatic rings. The van der Waals surface area contributed by atoms with E-state index in [1.165, 1.54) is 5.52 Å². The van der Waals surface area contributed by atoms with Gasteiger partial charge in [0.05, 0.1) is 11.0 Å². The van der Waals surface area contributed by atoms with Gasteiger partial charge in [0.1, 0.15) is 5.82 Å². The number of aliphatic imine (C=N–C) groups is 1. The van der Waals surface area contributed by atoms with Crippen LogP contribution in [0.1, 0.15) is 25.6 Å². The van der Waals surface area contributed by atoms with E-state index in [4.69, 9.17) is 0 Å². The minimum absolute atomic E-state index is 0.801. The van der Waals surface area contributed by atoms with Crippen LogP contribution in [-0.4, -0.2) is 60.7 Å². The lowest BCUT2D eigenvalue weighted by Crippen LogP contribution is -2.38. The molecule has 0 unspecified atom stereocenters. The lowest BCUT2D eigenvalue weighted by atomic mass is 10.3. The van der Waals surface area contributed by atoms with Crippen LogP contribution in [0.15, 0.2) is 29.3 Å². The molecule has 138 valence electrons. The Labute approximate surface area is 151 Å². The Balaban J connectivity index is 1.83. The van der Waals surface area contributed by atoms with Crippen LogP contribution in [0.3, 0.4) is 0 Å². The Kier molecular flexibility index (Phi) is 7.73. The first kappa shape index (κ1) is 19.2. The van der Waals surface area contributed by atoms with E-state index in [0.29, 0.717) is 0 Å². The molecule has 6 heteroatoms. The number of guanidine groups is 1. The molecule has 0 radical (unpaired) electrons. The number of fused-ring (bicyclic) bond motifs is 1. The second-order valence-corrected chi connectivity index (χ2v) is 6.50. The third-order valence-electron chi connectivity index (χ3n) is 4.07. The Bertz CT molecular complexity index is 674. The van der Waals surface area contributed by atoms with E-state index in [2.05, 4.69) is 76.2 Å². The highest BCUT2D eigenvalue weighted by molar-refractivity contribution is 5.79. The summed E-state index contributed by atoms with van der Waals surface area (Å²) >= 11 is 0. The van der Waals surface area contributed by atoms with Gasteiger partial charge in [0, 0.05) is 26.2 Å². The number of rotatable bonds is 9. The van der Waals surface area contributed by atoms with Crippen LogP contribution in [0.2, 0.25) is 0 Å². The van der Waals surface area contributed by atoms with Gasteiger partial charge in [-0.1, -0.05) is 12.1 Å². The van der Waals surface area contributed by atoms with Crippen molar-refractivity contribution in [3.05, 3.63) is 30.1 Å². The summed E-state index contributed by atoms with van der Waals surface area (Å²) in [6.07, 6.45) is 2.10. The van der Waals surface area contributed by atoms with Gasteiger partial charge in [-0.25, -0.2) is 4.98 Å². The summed E-state index contributed by atoms with van der Waals surface area (Å²) in [6.45, 7) is 8.81. The van der Waals surface area contributed by atoms with Gasteiger partial charge in [-0.2, -0.15) is 0 Å². The zero-order chi connectivity index (χ0) is 18.1. The molecule has 1 aromatic heterocycles. The fraction of sp³-hybridized carbons (Fsp3) is 0.579. The van der Waals surface area contributed by atoms with Crippen LogP contribution < -0.4 is 10.6 Å². The van der Waals surface area contributed by atoms with Crippen molar-refractivity contribution in [2.45, 2.75) is 33.2 Å². The average Bonchev–Trinajstić information content (AvgIpc) is 2.90. The van der Waals surface area contributed by atoms with Crippen molar-refractivity contribution in [3.63, 3.8) is 0 Å². The highest BCUT2D eigenvalue weighted by Gasteiger charge is 2.05. The van der Waals surface area contributed by atoms with Crippen LogP contribution in [0.25, 0.3) is 11.0 Å². The van der Waals surface area contributed by atoms with Crippen molar-refractivity contribution in [1.29, 1.82) is 0 Å². The maximum atomic E-state index is 4.69. The van der Waals surface area contributed by atoms with Gasteiger partial charge in [0.15, 0.2) is 5.96 Å². The van der Waals surface area contributed by atoms with E-state index >= 15 is 0 Å². The van der Waals surface area contributed by atoms with Crippen molar-refractivity contribution in [1.82, 2.24) is 25.1 Å². The normalized spacial score (nSPS) is 12.1. The first-order valence-corrected chi connectivity index (χ1v) is 9.20. The molecule has 1 aromatic carbocycles. The minimum atomic E-state index is 0.801. The smallest absolute Gasteiger partial charge is 0.191 e. The molecule has 0 fully saturated rings. The van der Waals surface area contributed by atoms with E-state index in [9.17, 15) is 0 Å². The first-order chi connectivity index (χ1) is 12.1. The molecule has 6 nitrogen and oxygen atoms in total. The van der Waals surface area contributed by atoms with E-state index in [1.807, 2.05) is 6.07 Å². The molecule has 0 aliphatic rings. The molecule has 0 amide bonds. The van der Waals surface area contributed by atoms with Gasteiger partial charge in [-0.15, -0.1) is 0 Å². The molecular weight excluding hydrogens is 312 g/mol. The summed E-state index contributed by atoms with van der Waals surface area (Å²) in [5.41, 5.74) is 2.28. The number of nitrogens with zero attached hydrogens (tertiary/aromatic N) is 4. The molecule has 0 bridgehead atoms. The lowest BCUT2D eigenvalue weighted by molar-refractivity contribution is 0.399. The summed E-state index contributed by atoms with van der Waals surface area (Å²) in [6, 6.07) is 8.31. The third kappa shape index (κ3) is 6.05. The van der Waals surface area contributed by atoms with Crippen molar-refractivity contribution >= 4 is 17.0 Å². The summed E-state index contributed by atoms with van der Waals surface area (Å²) in [5, 5.41) is 6.72.